The van der Waals surface area contributed by atoms with E-state index in [2.05, 4.69) is 11.4 Å². The van der Waals surface area contributed by atoms with Gasteiger partial charge < -0.3 is 5.32 Å². The summed E-state index contributed by atoms with van der Waals surface area (Å²) in [7, 11) is 0. The quantitative estimate of drug-likeness (QED) is 0.536. The van der Waals surface area contributed by atoms with Gasteiger partial charge in [-0.25, -0.2) is 0 Å². The average molecular weight is 137 g/mol. The molecule has 2 rings (SSSR count). The van der Waals surface area contributed by atoms with Gasteiger partial charge in [0.25, 0.3) is 0 Å². The number of rotatable bonds is 0. The summed E-state index contributed by atoms with van der Waals surface area (Å²) >= 11 is 0. The zero-order valence-corrected chi connectivity index (χ0v) is 5.89. The number of fused-ring (bicyclic) bond motifs is 1. The van der Waals surface area contributed by atoms with Gasteiger partial charge in [0.2, 0.25) is 0 Å². The average Bonchev–Trinajstić information content (AvgIpc) is 2.36. The fourth-order valence-electron chi connectivity index (χ4n) is 1.73. The van der Waals surface area contributed by atoms with Crippen LogP contribution in [0.4, 0.5) is 0 Å². The smallest absolute Gasteiger partial charge is 0.142 e. The van der Waals surface area contributed by atoms with Crippen LogP contribution in [0.1, 0.15) is 19.3 Å². The molecule has 0 aromatic carbocycles. The second-order valence-corrected chi connectivity index (χ2v) is 2.93. The highest BCUT2D eigenvalue weighted by molar-refractivity contribution is 5.85. The standard InChI is InChI=1S/C8H11NO/c10-8-3-1-2-7-6(8)4-5-9-7/h2,6,9H,1,3-5H2. The molecule has 54 valence electrons. The fraction of sp³-hybridized carbons (Fsp3) is 0.625. The molecule has 0 radical (unpaired) electrons. The molecule has 0 aromatic heterocycles. The zero-order chi connectivity index (χ0) is 6.97. The molecule has 0 spiro atoms. The first-order valence-electron chi connectivity index (χ1n) is 3.84. The largest absolute Gasteiger partial charge is 0.388 e. The number of allylic oxidation sites excluding steroid dienone is 2. The molecule has 2 heteroatoms. The first-order chi connectivity index (χ1) is 4.88. The maximum Gasteiger partial charge on any atom is 0.142 e. The van der Waals surface area contributed by atoms with Crippen LogP contribution in [0.2, 0.25) is 0 Å². The molecule has 1 aliphatic heterocycles. The highest BCUT2D eigenvalue weighted by Crippen LogP contribution is 2.26. The molecule has 0 amide bonds. The second-order valence-electron chi connectivity index (χ2n) is 2.93. The summed E-state index contributed by atoms with van der Waals surface area (Å²) in [5.41, 5.74) is 1.19. The van der Waals surface area contributed by atoms with Gasteiger partial charge in [-0.3, -0.25) is 4.79 Å². The van der Waals surface area contributed by atoms with Gasteiger partial charge >= 0.3 is 0 Å². The SMILES string of the molecule is O=C1CCC=C2NCCC12. The minimum Gasteiger partial charge on any atom is -0.388 e. The van der Waals surface area contributed by atoms with Gasteiger partial charge in [0, 0.05) is 18.7 Å². The third-order valence-electron chi connectivity index (χ3n) is 2.28. The first-order valence-corrected chi connectivity index (χ1v) is 3.84. The van der Waals surface area contributed by atoms with E-state index in [1.54, 1.807) is 0 Å². The number of ketones is 1. The molecule has 1 unspecified atom stereocenters. The predicted octanol–water partition coefficient (Wildman–Crippen LogP) is 0.843. The van der Waals surface area contributed by atoms with Crippen molar-refractivity contribution < 1.29 is 4.79 Å². The number of hydrogen-bond acceptors (Lipinski definition) is 2. The van der Waals surface area contributed by atoms with Crippen molar-refractivity contribution in [2.24, 2.45) is 5.92 Å². The summed E-state index contributed by atoms with van der Waals surface area (Å²) in [6.45, 7) is 0.988. The lowest BCUT2D eigenvalue weighted by molar-refractivity contribution is -0.121. The zero-order valence-electron chi connectivity index (χ0n) is 5.89. The molecule has 0 saturated carbocycles. The molecule has 1 aliphatic carbocycles. The summed E-state index contributed by atoms with van der Waals surface area (Å²) < 4.78 is 0. The molecule has 1 fully saturated rings. The highest BCUT2D eigenvalue weighted by atomic mass is 16.1. The molecule has 1 saturated heterocycles. The number of nitrogens with one attached hydrogen (secondary N) is 1. The monoisotopic (exact) mass is 137 g/mol. The van der Waals surface area contributed by atoms with Crippen LogP contribution in [0.3, 0.4) is 0 Å². The molecular weight excluding hydrogens is 126 g/mol. The van der Waals surface area contributed by atoms with Gasteiger partial charge in [-0.1, -0.05) is 6.08 Å². The van der Waals surface area contributed by atoms with Crippen molar-refractivity contribution >= 4 is 5.78 Å². The van der Waals surface area contributed by atoms with Crippen LogP contribution in [0, 0.1) is 5.92 Å². The number of Topliss-reactive ketones (excluding diaryl/α,β-unsaturated/α-hetero) is 1. The fourth-order valence-corrected chi connectivity index (χ4v) is 1.73. The van der Waals surface area contributed by atoms with Crippen molar-refractivity contribution in [3.8, 4) is 0 Å². The van der Waals surface area contributed by atoms with Crippen LogP contribution in [0.25, 0.3) is 0 Å². The van der Waals surface area contributed by atoms with Crippen molar-refractivity contribution in [3.63, 3.8) is 0 Å². The highest BCUT2D eigenvalue weighted by Gasteiger charge is 2.28. The molecular formula is C8H11NO. The second kappa shape index (κ2) is 2.11. The minimum absolute atomic E-state index is 0.244. The van der Waals surface area contributed by atoms with Crippen LogP contribution in [-0.4, -0.2) is 12.3 Å². The number of carbonyl (C=O) groups excluding carboxylic acids is 1. The molecule has 0 bridgehead atoms. The van der Waals surface area contributed by atoms with Crippen LogP contribution in [0.15, 0.2) is 11.8 Å². The van der Waals surface area contributed by atoms with Gasteiger partial charge in [0.1, 0.15) is 5.78 Å². The van der Waals surface area contributed by atoms with Crippen LogP contribution in [0.5, 0.6) is 0 Å². The summed E-state index contributed by atoms with van der Waals surface area (Å²) in [5.74, 6) is 0.677. The first kappa shape index (κ1) is 5.96. The molecule has 1 N–H and O–H groups in total. The maximum atomic E-state index is 11.2. The molecule has 2 nitrogen and oxygen atoms in total. The van der Waals surface area contributed by atoms with Crippen molar-refractivity contribution in [1.29, 1.82) is 0 Å². The Morgan fingerprint density at radius 3 is 3.30 bits per heavy atom. The van der Waals surface area contributed by atoms with Gasteiger partial charge in [0.05, 0.1) is 5.92 Å². The molecule has 1 heterocycles. The van der Waals surface area contributed by atoms with E-state index < -0.39 is 0 Å². The number of hydrogen-bond donors (Lipinski definition) is 1. The molecule has 0 aromatic rings. The summed E-state index contributed by atoms with van der Waals surface area (Å²) in [6.07, 6.45) is 4.89. The van der Waals surface area contributed by atoms with E-state index in [9.17, 15) is 4.79 Å². The van der Waals surface area contributed by atoms with E-state index in [1.807, 2.05) is 0 Å². The van der Waals surface area contributed by atoms with Crippen molar-refractivity contribution in [3.05, 3.63) is 11.8 Å². The Bertz CT molecular complexity index is 195. The van der Waals surface area contributed by atoms with E-state index in [0.717, 1.165) is 25.8 Å². The van der Waals surface area contributed by atoms with E-state index in [1.165, 1.54) is 5.70 Å². The lowest BCUT2D eigenvalue weighted by Crippen LogP contribution is -2.19. The van der Waals surface area contributed by atoms with E-state index >= 15 is 0 Å². The Kier molecular flexibility index (Phi) is 1.26. The van der Waals surface area contributed by atoms with Crippen LogP contribution >= 0.6 is 0 Å². The van der Waals surface area contributed by atoms with Gasteiger partial charge in [0.15, 0.2) is 0 Å². The Balaban J connectivity index is 2.26. The van der Waals surface area contributed by atoms with Crippen molar-refractivity contribution in [1.82, 2.24) is 5.32 Å². The van der Waals surface area contributed by atoms with Crippen molar-refractivity contribution in [2.45, 2.75) is 19.3 Å². The Morgan fingerprint density at radius 1 is 1.60 bits per heavy atom. The maximum absolute atomic E-state index is 11.2. The van der Waals surface area contributed by atoms with Crippen LogP contribution in [-0.2, 0) is 4.79 Å². The van der Waals surface area contributed by atoms with E-state index in [-0.39, 0.29) is 5.92 Å². The molecule has 1 atom stereocenters. The Labute approximate surface area is 60.3 Å². The van der Waals surface area contributed by atoms with E-state index in [4.69, 9.17) is 0 Å². The van der Waals surface area contributed by atoms with Crippen molar-refractivity contribution in [2.75, 3.05) is 6.54 Å². The molecule has 10 heavy (non-hydrogen) atoms. The Morgan fingerprint density at radius 2 is 2.50 bits per heavy atom. The third-order valence-corrected chi connectivity index (χ3v) is 2.28. The lowest BCUT2D eigenvalue weighted by Gasteiger charge is -2.14. The van der Waals surface area contributed by atoms with Gasteiger partial charge in [-0.15, -0.1) is 0 Å². The summed E-state index contributed by atoms with van der Waals surface area (Å²) in [4.78, 5) is 11.2. The predicted molar refractivity (Wildman–Crippen MR) is 38.4 cm³/mol. The molecule has 2 aliphatic rings. The Hall–Kier alpha value is -0.790. The summed E-state index contributed by atoms with van der Waals surface area (Å²) in [5, 5.41) is 3.23. The minimum atomic E-state index is 0.244. The summed E-state index contributed by atoms with van der Waals surface area (Å²) in [6, 6.07) is 0. The van der Waals surface area contributed by atoms with Gasteiger partial charge in [-0.05, 0) is 12.8 Å². The van der Waals surface area contributed by atoms with Crippen LogP contribution < -0.4 is 5.32 Å². The van der Waals surface area contributed by atoms with Gasteiger partial charge in [-0.2, -0.15) is 0 Å². The lowest BCUT2D eigenvalue weighted by atomic mass is 9.91. The third kappa shape index (κ3) is 0.753. The topological polar surface area (TPSA) is 29.1 Å². The number of carbonyl (C=O) groups is 1. The van der Waals surface area contributed by atoms with E-state index in [0.29, 0.717) is 5.78 Å². The normalized spacial score (nSPS) is 31.0.